The number of halogens is 1. The number of amides is 1. The summed E-state index contributed by atoms with van der Waals surface area (Å²) in [7, 11) is 2.17. The standard InChI is InChI=1S/C25H26FN3O/c1-28-20-10-11-21(28)15-22(14-20)29(25(30)17-6-8-19(26)9-7-17)13-12-18-16-27-24-5-3-2-4-23(18)24/h2-9,14,16,20-21,27H,10-13,15H2,1H3/t20-,21-/m1/s1. The minimum Gasteiger partial charge on any atom is -0.361 e. The lowest BCUT2D eigenvalue weighted by Crippen LogP contribution is -2.41. The van der Waals surface area contributed by atoms with Gasteiger partial charge in [0.05, 0.1) is 0 Å². The van der Waals surface area contributed by atoms with Crippen molar-refractivity contribution < 1.29 is 9.18 Å². The lowest BCUT2D eigenvalue weighted by molar-refractivity contribution is 0.0787. The molecule has 2 aromatic carbocycles. The highest BCUT2D eigenvalue weighted by Gasteiger charge is 2.36. The number of nitrogens with zero attached hydrogens (tertiary/aromatic N) is 2. The predicted octanol–water partition coefficient (Wildman–Crippen LogP) is 4.74. The highest BCUT2D eigenvalue weighted by atomic mass is 19.1. The van der Waals surface area contributed by atoms with Gasteiger partial charge in [-0.3, -0.25) is 9.69 Å². The molecule has 1 saturated heterocycles. The molecule has 3 aromatic rings. The topological polar surface area (TPSA) is 39.3 Å². The number of rotatable bonds is 5. The predicted molar refractivity (Wildman–Crippen MR) is 117 cm³/mol. The van der Waals surface area contributed by atoms with E-state index in [2.05, 4.69) is 35.1 Å². The Labute approximate surface area is 176 Å². The van der Waals surface area contributed by atoms with Crippen molar-refractivity contribution in [2.45, 2.75) is 37.8 Å². The Morgan fingerprint density at radius 2 is 1.97 bits per heavy atom. The second-order valence-corrected chi connectivity index (χ2v) is 8.40. The fourth-order valence-electron chi connectivity index (χ4n) is 4.91. The van der Waals surface area contributed by atoms with Gasteiger partial charge >= 0.3 is 0 Å². The number of hydrogen-bond acceptors (Lipinski definition) is 2. The van der Waals surface area contributed by atoms with E-state index < -0.39 is 0 Å². The third-order valence-electron chi connectivity index (χ3n) is 6.69. The summed E-state index contributed by atoms with van der Waals surface area (Å²) in [6.45, 7) is 0.604. The van der Waals surface area contributed by atoms with Gasteiger partial charge in [0.2, 0.25) is 0 Å². The van der Waals surface area contributed by atoms with E-state index in [9.17, 15) is 9.18 Å². The molecular formula is C25H26FN3O. The van der Waals surface area contributed by atoms with Crippen LogP contribution in [0, 0.1) is 5.82 Å². The molecule has 2 aliphatic heterocycles. The lowest BCUT2D eigenvalue weighted by atomic mass is 10.0. The summed E-state index contributed by atoms with van der Waals surface area (Å²) in [4.78, 5) is 21.1. The van der Waals surface area contributed by atoms with Crippen molar-refractivity contribution in [2.24, 2.45) is 0 Å². The van der Waals surface area contributed by atoms with Gasteiger partial charge in [0, 0.05) is 53.4 Å². The van der Waals surface area contributed by atoms with E-state index in [-0.39, 0.29) is 11.7 Å². The third kappa shape index (κ3) is 3.43. The molecule has 2 bridgehead atoms. The molecule has 1 aromatic heterocycles. The van der Waals surface area contributed by atoms with Crippen LogP contribution in [-0.4, -0.2) is 46.4 Å². The van der Waals surface area contributed by atoms with E-state index in [1.807, 2.05) is 23.2 Å². The summed E-state index contributed by atoms with van der Waals surface area (Å²) in [6.07, 6.45) is 8.26. The normalized spacial score (nSPS) is 21.1. The zero-order valence-corrected chi connectivity index (χ0v) is 17.1. The van der Waals surface area contributed by atoms with Gasteiger partial charge < -0.3 is 9.88 Å². The molecule has 0 spiro atoms. The zero-order valence-electron chi connectivity index (χ0n) is 17.1. The number of aromatic amines is 1. The van der Waals surface area contributed by atoms with Gasteiger partial charge in [-0.15, -0.1) is 0 Å². The van der Waals surface area contributed by atoms with Crippen LogP contribution in [0.5, 0.6) is 0 Å². The number of carbonyl (C=O) groups is 1. The van der Waals surface area contributed by atoms with Crippen LogP contribution >= 0.6 is 0 Å². The third-order valence-corrected chi connectivity index (χ3v) is 6.69. The zero-order chi connectivity index (χ0) is 20.7. The molecule has 2 atom stereocenters. The number of likely N-dealkylation sites (N-methyl/N-ethyl adjacent to an activating group) is 1. The monoisotopic (exact) mass is 403 g/mol. The number of para-hydroxylation sites is 1. The Balaban J connectivity index is 1.44. The molecule has 30 heavy (non-hydrogen) atoms. The van der Waals surface area contributed by atoms with E-state index >= 15 is 0 Å². The maximum atomic E-state index is 13.4. The first-order valence-corrected chi connectivity index (χ1v) is 10.7. The summed E-state index contributed by atoms with van der Waals surface area (Å²) in [6, 6.07) is 15.0. The Bertz CT molecular complexity index is 1100. The number of H-pyrrole nitrogens is 1. The van der Waals surface area contributed by atoms with Crippen LogP contribution in [-0.2, 0) is 6.42 Å². The van der Waals surface area contributed by atoms with Crippen LogP contribution in [0.25, 0.3) is 10.9 Å². The fraction of sp³-hybridized carbons (Fsp3) is 0.320. The van der Waals surface area contributed by atoms with Gasteiger partial charge in [0.15, 0.2) is 0 Å². The minimum atomic E-state index is -0.326. The summed E-state index contributed by atoms with van der Waals surface area (Å²) in [5.41, 5.74) is 3.96. The van der Waals surface area contributed by atoms with Crippen LogP contribution in [0.15, 0.2) is 66.5 Å². The van der Waals surface area contributed by atoms with Gasteiger partial charge in [-0.05, 0) is 68.3 Å². The molecule has 1 fully saturated rings. The van der Waals surface area contributed by atoms with Crippen LogP contribution < -0.4 is 0 Å². The maximum Gasteiger partial charge on any atom is 0.258 e. The van der Waals surface area contributed by atoms with Gasteiger partial charge in [-0.25, -0.2) is 4.39 Å². The molecule has 154 valence electrons. The van der Waals surface area contributed by atoms with Crippen molar-refractivity contribution in [3.63, 3.8) is 0 Å². The van der Waals surface area contributed by atoms with Crippen molar-refractivity contribution in [2.75, 3.05) is 13.6 Å². The molecule has 4 nitrogen and oxygen atoms in total. The van der Waals surface area contributed by atoms with Gasteiger partial charge in [-0.1, -0.05) is 18.2 Å². The number of benzene rings is 2. The van der Waals surface area contributed by atoms with Crippen LogP contribution in [0.4, 0.5) is 4.39 Å². The lowest BCUT2D eigenvalue weighted by Gasteiger charge is -2.35. The molecule has 0 unspecified atom stereocenters. The van der Waals surface area contributed by atoms with E-state index in [4.69, 9.17) is 0 Å². The molecule has 3 heterocycles. The molecule has 1 N–H and O–H groups in total. The molecule has 5 heteroatoms. The number of carbonyl (C=O) groups excluding carboxylic acids is 1. The van der Waals surface area contributed by atoms with E-state index in [1.54, 1.807) is 12.1 Å². The fourth-order valence-corrected chi connectivity index (χ4v) is 4.91. The van der Waals surface area contributed by atoms with E-state index in [1.165, 1.54) is 29.5 Å². The molecule has 1 amide bonds. The number of fused-ring (bicyclic) bond motifs is 3. The van der Waals surface area contributed by atoms with Gasteiger partial charge in [-0.2, -0.15) is 0 Å². The quantitative estimate of drug-likeness (QED) is 0.668. The van der Waals surface area contributed by atoms with Crippen LogP contribution in [0.3, 0.4) is 0 Å². The van der Waals surface area contributed by atoms with Crippen molar-refractivity contribution >= 4 is 16.8 Å². The molecule has 0 saturated carbocycles. The van der Waals surface area contributed by atoms with Crippen LogP contribution in [0.2, 0.25) is 0 Å². The summed E-state index contributed by atoms with van der Waals surface area (Å²) in [5.74, 6) is -0.376. The second kappa shape index (κ2) is 7.73. The smallest absolute Gasteiger partial charge is 0.258 e. The number of aromatic nitrogens is 1. The van der Waals surface area contributed by atoms with Crippen LogP contribution in [0.1, 0.15) is 35.2 Å². The van der Waals surface area contributed by atoms with E-state index in [0.29, 0.717) is 24.2 Å². The molecule has 0 aliphatic carbocycles. The minimum absolute atomic E-state index is 0.0509. The van der Waals surface area contributed by atoms with Gasteiger partial charge in [0.25, 0.3) is 5.91 Å². The van der Waals surface area contributed by atoms with Crippen molar-refractivity contribution in [3.8, 4) is 0 Å². The Hall–Kier alpha value is -2.92. The highest BCUT2D eigenvalue weighted by molar-refractivity contribution is 5.95. The van der Waals surface area contributed by atoms with Crippen molar-refractivity contribution in [1.82, 2.24) is 14.8 Å². The highest BCUT2D eigenvalue weighted by Crippen LogP contribution is 2.35. The average molecular weight is 404 g/mol. The SMILES string of the molecule is CN1[C@@H]2CC[C@@H]1C=C(N(CCc1c[nH]c3ccccc13)C(=O)c1ccc(F)cc1)C2. The maximum absolute atomic E-state index is 13.4. The Kier molecular flexibility index (Phi) is 4.91. The first-order valence-electron chi connectivity index (χ1n) is 10.7. The van der Waals surface area contributed by atoms with E-state index in [0.717, 1.165) is 30.5 Å². The molecule has 0 radical (unpaired) electrons. The molecule has 2 aliphatic rings. The molecule has 5 rings (SSSR count). The molecular weight excluding hydrogens is 377 g/mol. The van der Waals surface area contributed by atoms with Crippen molar-refractivity contribution in [3.05, 3.63) is 83.4 Å². The Morgan fingerprint density at radius 1 is 1.17 bits per heavy atom. The Morgan fingerprint density at radius 3 is 2.77 bits per heavy atom. The number of nitrogens with one attached hydrogen (secondary N) is 1. The summed E-state index contributed by atoms with van der Waals surface area (Å²) >= 11 is 0. The largest absolute Gasteiger partial charge is 0.361 e. The second-order valence-electron chi connectivity index (χ2n) is 8.40. The van der Waals surface area contributed by atoms with Gasteiger partial charge in [0.1, 0.15) is 5.82 Å². The first kappa shape index (κ1) is 19.1. The van der Waals surface area contributed by atoms with Crippen molar-refractivity contribution in [1.29, 1.82) is 0 Å². The summed E-state index contributed by atoms with van der Waals surface area (Å²) < 4.78 is 13.4. The number of hydrogen-bond donors (Lipinski definition) is 1. The average Bonchev–Trinajstić information content (AvgIpc) is 3.24. The first-order chi connectivity index (χ1) is 14.6. The summed E-state index contributed by atoms with van der Waals surface area (Å²) in [5, 5.41) is 1.20.